The van der Waals surface area contributed by atoms with Gasteiger partial charge in [-0.05, 0) is 31.4 Å². The number of ether oxygens (including phenoxy) is 2. The van der Waals surface area contributed by atoms with Gasteiger partial charge < -0.3 is 46.2 Å². The molecule has 3 atom stereocenters. The first kappa shape index (κ1) is 39.1. The van der Waals surface area contributed by atoms with Gasteiger partial charge in [0.1, 0.15) is 6.61 Å². The molecule has 36 heavy (non-hydrogen) atoms. The van der Waals surface area contributed by atoms with Gasteiger partial charge >= 0.3 is 0 Å². The third-order valence-electron chi connectivity index (χ3n) is 4.92. The predicted molar refractivity (Wildman–Crippen MR) is 150 cm³/mol. The Kier molecular flexibility index (Phi) is 28.9. The molecule has 0 amide bonds. The number of aliphatic hydroxyl groups is 3. The van der Waals surface area contributed by atoms with Crippen LogP contribution in [-0.4, -0.2) is 91.1 Å². The van der Waals surface area contributed by atoms with Crippen LogP contribution in [0.25, 0.3) is 0 Å². The van der Waals surface area contributed by atoms with Crippen LogP contribution >= 0.6 is 0 Å². The molecule has 0 saturated carbocycles. The Morgan fingerprint density at radius 2 is 1.14 bits per heavy atom. The molecule has 0 aliphatic rings. The summed E-state index contributed by atoms with van der Waals surface area (Å²) in [5.74, 6) is 1.48. The summed E-state index contributed by atoms with van der Waals surface area (Å²) in [6.07, 6.45) is 1.81. The molecule has 9 heteroatoms. The second-order valence-corrected chi connectivity index (χ2v) is 9.02. The molecule has 0 radical (unpaired) electrons. The van der Waals surface area contributed by atoms with Gasteiger partial charge in [-0.15, -0.1) is 0 Å². The lowest BCUT2D eigenvalue weighted by Gasteiger charge is -2.12. The highest BCUT2D eigenvalue weighted by molar-refractivity contribution is 5.39. The standard InChI is InChI=1S/C13H21NO3.2C7H17NO.H2O/c1-3-11(15)10-14-8-9-17-13-7-5-4-6-12(13)16-2;2*1-4-7(9)5-8-6(2)3;/h4-7,11,14-15H,3,8-10H2,1-2H3;2*6-9H,4-5H2,1-3H3;1H2. The lowest BCUT2D eigenvalue weighted by atomic mass is 10.2. The maximum Gasteiger partial charge on any atom is 0.161 e. The lowest BCUT2D eigenvalue weighted by Crippen LogP contribution is -2.31. The minimum atomic E-state index is -0.277. The Balaban J connectivity index is -0.000000491. The Labute approximate surface area is 220 Å². The molecule has 1 aromatic carbocycles. The molecule has 0 bridgehead atoms. The lowest BCUT2D eigenvalue weighted by molar-refractivity contribution is 0.164. The average Bonchev–Trinajstić information content (AvgIpc) is 2.86. The molecular weight excluding hydrogens is 462 g/mol. The van der Waals surface area contributed by atoms with Crippen LogP contribution in [0.15, 0.2) is 24.3 Å². The molecule has 1 aromatic rings. The quantitative estimate of drug-likeness (QED) is 0.182. The van der Waals surface area contributed by atoms with Gasteiger partial charge in [-0.2, -0.15) is 0 Å². The first-order valence-corrected chi connectivity index (χ1v) is 13.1. The summed E-state index contributed by atoms with van der Waals surface area (Å²) in [4.78, 5) is 0. The fraction of sp³-hybridized carbons (Fsp3) is 0.778. The normalized spacial score (nSPS) is 12.9. The van der Waals surface area contributed by atoms with Crippen molar-refractivity contribution in [1.82, 2.24) is 16.0 Å². The first-order valence-electron chi connectivity index (χ1n) is 13.1. The van der Waals surface area contributed by atoms with Crippen LogP contribution in [0, 0.1) is 0 Å². The number of rotatable bonds is 16. The van der Waals surface area contributed by atoms with E-state index in [1.165, 1.54) is 0 Å². The molecule has 0 aliphatic heterocycles. The van der Waals surface area contributed by atoms with Crippen LogP contribution in [0.5, 0.6) is 11.5 Å². The van der Waals surface area contributed by atoms with Crippen LogP contribution in [0.4, 0.5) is 0 Å². The summed E-state index contributed by atoms with van der Waals surface area (Å²) in [7, 11) is 1.62. The molecule has 0 heterocycles. The fourth-order valence-electron chi connectivity index (χ4n) is 2.42. The molecule has 216 valence electrons. The van der Waals surface area contributed by atoms with Crippen molar-refractivity contribution in [2.75, 3.05) is 39.9 Å². The van der Waals surface area contributed by atoms with E-state index >= 15 is 0 Å². The molecule has 0 fully saturated rings. The first-order chi connectivity index (χ1) is 16.6. The van der Waals surface area contributed by atoms with E-state index in [2.05, 4.69) is 43.6 Å². The molecule has 0 saturated heterocycles. The van der Waals surface area contributed by atoms with Crippen molar-refractivity contribution >= 4 is 0 Å². The zero-order valence-electron chi connectivity index (χ0n) is 24.0. The van der Waals surface area contributed by atoms with Gasteiger partial charge in [-0.3, -0.25) is 0 Å². The fourth-order valence-corrected chi connectivity index (χ4v) is 2.42. The van der Waals surface area contributed by atoms with Crippen LogP contribution < -0.4 is 25.4 Å². The van der Waals surface area contributed by atoms with Gasteiger partial charge in [0.2, 0.25) is 0 Å². The highest BCUT2D eigenvalue weighted by Crippen LogP contribution is 2.25. The summed E-state index contributed by atoms with van der Waals surface area (Å²) in [5.41, 5.74) is 0. The number of aliphatic hydroxyl groups excluding tert-OH is 3. The van der Waals surface area contributed by atoms with Gasteiger partial charge in [0, 0.05) is 38.3 Å². The number of hydrogen-bond donors (Lipinski definition) is 6. The summed E-state index contributed by atoms with van der Waals surface area (Å²) >= 11 is 0. The van der Waals surface area contributed by atoms with Gasteiger partial charge in [-0.1, -0.05) is 60.6 Å². The summed E-state index contributed by atoms with van der Waals surface area (Å²) < 4.78 is 10.7. The Bertz CT molecular complexity index is 560. The second-order valence-electron chi connectivity index (χ2n) is 9.02. The SMILES string of the molecule is CCC(O)CNC(C)C.CCC(O)CNC(C)C.CCC(O)CNCCOc1ccccc1OC.O. The van der Waals surface area contributed by atoms with Crippen LogP contribution in [0.1, 0.15) is 67.7 Å². The van der Waals surface area contributed by atoms with Crippen molar-refractivity contribution < 1.29 is 30.3 Å². The maximum absolute atomic E-state index is 9.33. The number of benzene rings is 1. The minimum Gasteiger partial charge on any atom is -0.493 e. The van der Waals surface area contributed by atoms with E-state index in [0.29, 0.717) is 44.9 Å². The third kappa shape index (κ3) is 25.6. The molecule has 1 rings (SSSR count). The van der Waals surface area contributed by atoms with Gasteiger partial charge in [0.25, 0.3) is 0 Å². The molecule has 9 nitrogen and oxygen atoms in total. The Morgan fingerprint density at radius 1 is 0.722 bits per heavy atom. The van der Waals surface area contributed by atoms with E-state index in [1.54, 1.807) is 7.11 Å². The molecule has 0 aromatic heterocycles. The number of para-hydroxylation sites is 2. The second kappa shape index (κ2) is 26.6. The number of nitrogens with one attached hydrogen (secondary N) is 3. The zero-order valence-corrected chi connectivity index (χ0v) is 24.0. The Hall–Kier alpha value is -1.46. The molecule has 0 spiro atoms. The van der Waals surface area contributed by atoms with E-state index in [-0.39, 0.29) is 23.8 Å². The topological polar surface area (TPSA) is 147 Å². The van der Waals surface area contributed by atoms with Crippen molar-refractivity contribution in [3.05, 3.63) is 24.3 Å². The maximum atomic E-state index is 9.33. The smallest absolute Gasteiger partial charge is 0.161 e. The molecular formula is C27H57N3O6. The molecule has 0 aliphatic carbocycles. The van der Waals surface area contributed by atoms with E-state index in [0.717, 1.165) is 30.8 Å². The van der Waals surface area contributed by atoms with Gasteiger partial charge in [-0.25, -0.2) is 0 Å². The van der Waals surface area contributed by atoms with Gasteiger partial charge in [0.15, 0.2) is 11.5 Å². The average molecular weight is 520 g/mol. The third-order valence-corrected chi connectivity index (χ3v) is 4.92. The zero-order chi connectivity index (χ0) is 27.1. The van der Waals surface area contributed by atoms with Crippen molar-refractivity contribution in [3.63, 3.8) is 0 Å². The van der Waals surface area contributed by atoms with Crippen LogP contribution in [0.2, 0.25) is 0 Å². The van der Waals surface area contributed by atoms with Crippen molar-refractivity contribution in [2.45, 2.75) is 98.1 Å². The summed E-state index contributed by atoms with van der Waals surface area (Å²) in [5, 5.41) is 36.8. The van der Waals surface area contributed by atoms with Crippen molar-refractivity contribution in [3.8, 4) is 11.5 Å². The number of hydrogen-bond acceptors (Lipinski definition) is 8. The van der Waals surface area contributed by atoms with Crippen LogP contribution in [-0.2, 0) is 0 Å². The van der Waals surface area contributed by atoms with E-state index < -0.39 is 0 Å². The highest BCUT2D eigenvalue weighted by atomic mass is 16.5. The van der Waals surface area contributed by atoms with Crippen molar-refractivity contribution in [1.29, 1.82) is 0 Å². The monoisotopic (exact) mass is 519 g/mol. The van der Waals surface area contributed by atoms with E-state index in [9.17, 15) is 5.11 Å². The van der Waals surface area contributed by atoms with Crippen molar-refractivity contribution in [2.24, 2.45) is 0 Å². The number of methoxy groups -OCH3 is 1. The summed E-state index contributed by atoms with van der Waals surface area (Å²) in [6, 6.07) is 8.51. The predicted octanol–water partition coefficient (Wildman–Crippen LogP) is 2.12. The van der Waals surface area contributed by atoms with E-state index in [4.69, 9.17) is 19.7 Å². The molecule has 3 unspecified atom stereocenters. The summed E-state index contributed by atoms with van der Waals surface area (Å²) in [6.45, 7) is 17.5. The van der Waals surface area contributed by atoms with E-state index in [1.807, 2.05) is 45.0 Å². The largest absolute Gasteiger partial charge is 0.493 e. The highest BCUT2D eigenvalue weighted by Gasteiger charge is 2.03. The molecule has 8 N–H and O–H groups in total. The minimum absolute atomic E-state index is 0. The Morgan fingerprint density at radius 3 is 1.53 bits per heavy atom. The van der Waals surface area contributed by atoms with Gasteiger partial charge in [0.05, 0.1) is 25.4 Å². The van der Waals surface area contributed by atoms with Crippen LogP contribution in [0.3, 0.4) is 0 Å².